The molecule has 0 fully saturated rings. The molecule has 0 aliphatic heterocycles. The minimum absolute atomic E-state index is 0.435. The maximum absolute atomic E-state index is 6.09. The average molecular weight is 437 g/mol. The van der Waals surface area contributed by atoms with E-state index in [-0.39, 0.29) is 0 Å². The minimum atomic E-state index is 0.435. The molecule has 0 saturated carbocycles. The minimum Gasteiger partial charge on any atom is -0.380 e. The van der Waals surface area contributed by atoms with Crippen molar-refractivity contribution in [1.29, 1.82) is 0 Å². The number of hydrogen-bond donors (Lipinski definition) is 2. The van der Waals surface area contributed by atoms with Gasteiger partial charge in [0.05, 0.1) is 15.4 Å². The second-order valence-electron chi connectivity index (χ2n) is 6.01. The summed E-state index contributed by atoms with van der Waals surface area (Å²) in [5, 5.41) is 6.29. The molecule has 150 valence electrons. The van der Waals surface area contributed by atoms with Crippen LogP contribution < -0.4 is 11.1 Å². The van der Waals surface area contributed by atoms with Crippen LogP contribution in [0.3, 0.4) is 0 Å². The molecule has 3 N–H and O–H groups in total. The van der Waals surface area contributed by atoms with Gasteiger partial charge in [-0.25, -0.2) is 4.98 Å². The SMILES string of the molecule is CC.Clc1cc(NCc2ccncc2)c2scc(Cl)c2n1.NC1CC=CCC1. The van der Waals surface area contributed by atoms with Gasteiger partial charge in [0, 0.05) is 36.4 Å². The molecule has 4 rings (SSSR count). The van der Waals surface area contributed by atoms with Crippen LogP contribution in [0.25, 0.3) is 10.2 Å². The normalized spacial score (nSPS) is 15.2. The largest absolute Gasteiger partial charge is 0.380 e. The van der Waals surface area contributed by atoms with Gasteiger partial charge < -0.3 is 11.1 Å². The van der Waals surface area contributed by atoms with Gasteiger partial charge in [0.2, 0.25) is 0 Å². The first-order valence-corrected chi connectivity index (χ1v) is 11.0. The van der Waals surface area contributed by atoms with E-state index in [0.29, 0.717) is 22.8 Å². The number of hydrogen-bond acceptors (Lipinski definition) is 5. The van der Waals surface area contributed by atoms with E-state index >= 15 is 0 Å². The molecule has 3 aromatic rings. The number of anilines is 1. The number of fused-ring (bicyclic) bond motifs is 1. The van der Waals surface area contributed by atoms with Gasteiger partial charge in [0.25, 0.3) is 0 Å². The molecule has 0 amide bonds. The van der Waals surface area contributed by atoms with Crippen LogP contribution in [0.1, 0.15) is 38.7 Å². The summed E-state index contributed by atoms with van der Waals surface area (Å²) >= 11 is 13.7. The van der Waals surface area contributed by atoms with Crippen LogP contribution >= 0.6 is 34.5 Å². The highest BCUT2D eigenvalue weighted by Gasteiger charge is 2.10. The summed E-state index contributed by atoms with van der Waals surface area (Å²) in [5.41, 5.74) is 8.43. The van der Waals surface area contributed by atoms with Gasteiger partial charge in [0.1, 0.15) is 10.7 Å². The lowest BCUT2D eigenvalue weighted by atomic mass is 10.0. The van der Waals surface area contributed by atoms with E-state index in [4.69, 9.17) is 28.9 Å². The summed E-state index contributed by atoms with van der Waals surface area (Å²) in [6.45, 7) is 4.70. The molecule has 3 aromatic heterocycles. The van der Waals surface area contributed by atoms with Gasteiger partial charge in [-0.15, -0.1) is 11.3 Å². The molecule has 4 nitrogen and oxygen atoms in total. The van der Waals surface area contributed by atoms with Gasteiger partial charge in [0.15, 0.2) is 0 Å². The van der Waals surface area contributed by atoms with Crippen LogP contribution in [0, 0.1) is 0 Å². The molecule has 1 atom stereocenters. The Bertz CT molecular complexity index is 881. The number of allylic oxidation sites excluding steroid dienone is 1. The Balaban J connectivity index is 0.000000261. The second kappa shape index (κ2) is 12.0. The lowest BCUT2D eigenvalue weighted by Gasteiger charge is -2.09. The Kier molecular flexibility index (Phi) is 9.71. The molecule has 7 heteroatoms. The number of rotatable bonds is 3. The van der Waals surface area contributed by atoms with Crippen molar-refractivity contribution in [2.45, 2.75) is 45.7 Å². The standard InChI is InChI=1S/C13H9Cl2N3S.C6H11N.C2H6/c14-9-7-19-13-10(5-11(15)18-12(9)13)17-6-8-1-3-16-4-2-8;7-6-4-2-1-3-5-6;1-2/h1-5,7H,6H2,(H,17,18);1-2,6H,3-5,7H2;1-2H3. The Labute approximate surface area is 180 Å². The molecular formula is C21H26Cl2N4S. The zero-order chi connectivity index (χ0) is 20.4. The van der Waals surface area contributed by atoms with Crippen molar-refractivity contribution in [1.82, 2.24) is 9.97 Å². The Morgan fingerprint density at radius 3 is 2.57 bits per heavy atom. The number of thiophene rings is 1. The third-order valence-electron chi connectivity index (χ3n) is 3.99. The predicted molar refractivity (Wildman–Crippen MR) is 124 cm³/mol. The smallest absolute Gasteiger partial charge is 0.131 e. The molecule has 1 aliphatic carbocycles. The van der Waals surface area contributed by atoms with Crippen LogP contribution in [0.5, 0.6) is 0 Å². The van der Waals surface area contributed by atoms with Crippen molar-refractivity contribution >= 4 is 50.4 Å². The molecule has 28 heavy (non-hydrogen) atoms. The van der Waals surface area contributed by atoms with Crippen LogP contribution in [0.2, 0.25) is 10.2 Å². The third kappa shape index (κ3) is 6.74. The summed E-state index contributed by atoms with van der Waals surface area (Å²) in [5.74, 6) is 0. The molecule has 0 saturated heterocycles. The summed E-state index contributed by atoms with van der Waals surface area (Å²) in [4.78, 5) is 8.24. The highest BCUT2D eigenvalue weighted by atomic mass is 35.5. The van der Waals surface area contributed by atoms with Crippen LogP contribution in [-0.2, 0) is 6.54 Å². The highest BCUT2D eigenvalue weighted by Crippen LogP contribution is 2.35. The van der Waals surface area contributed by atoms with Crippen LogP contribution in [0.15, 0.2) is 48.1 Å². The van der Waals surface area contributed by atoms with Crippen LogP contribution in [-0.4, -0.2) is 16.0 Å². The van der Waals surface area contributed by atoms with E-state index in [1.165, 1.54) is 12.8 Å². The number of aromatic nitrogens is 2. The van der Waals surface area contributed by atoms with Crippen molar-refractivity contribution in [2.24, 2.45) is 5.73 Å². The van der Waals surface area contributed by atoms with E-state index in [1.54, 1.807) is 23.7 Å². The predicted octanol–water partition coefficient (Wildman–Crippen LogP) is 6.69. The van der Waals surface area contributed by atoms with Gasteiger partial charge in [-0.2, -0.15) is 0 Å². The first-order valence-electron chi connectivity index (χ1n) is 9.40. The number of nitrogens with two attached hydrogens (primary N) is 1. The maximum atomic E-state index is 6.09. The number of halogens is 2. The molecule has 1 unspecified atom stereocenters. The molecule has 0 spiro atoms. The maximum Gasteiger partial charge on any atom is 0.131 e. The van der Waals surface area contributed by atoms with Gasteiger partial charge in [-0.1, -0.05) is 49.2 Å². The molecule has 3 heterocycles. The molecule has 0 radical (unpaired) electrons. The van der Waals surface area contributed by atoms with Crippen LogP contribution in [0.4, 0.5) is 5.69 Å². The topological polar surface area (TPSA) is 63.8 Å². The zero-order valence-corrected chi connectivity index (χ0v) is 18.5. The number of nitrogens with zero attached hydrogens (tertiary/aromatic N) is 2. The summed E-state index contributed by atoms with van der Waals surface area (Å²) in [7, 11) is 0. The number of nitrogens with one attached hydrogen (secondary N) is 1. The van der Waals surface area contributed by atoms with Crippen molar-refractivity contribution in [2.75, 3.05) is 5.32 Å². The average Bonchev–Trinajstić information content (AvgIpc) is 3.10. The monoisotopic (exact) mass is 436 g/mol. The first kappa shape index (κ1) is 22.6. The van der Waals surface area contributed by atoms with Crippen molar-refractivity contribution in [3.8, 4) is 0 Å². The van der Waals surface area contributed by atoms with E-state index < -0.39 is 0 Å². The van der Waals surface area contributed by atoms with Gasteiger partial charge >= 0.3 is 0 Å². The van der Waals surface area contributed by atoms with Crippen molar-refractivity contribution in [3.05, 3.63) is 63.9 Å². The zero-order valence-electron chi connectivity index (χ0n) is 16.2. The van der Waals surface area contributed by atoms with E-state index in [0.717, 1.165) is 27.9 Å². The first-order chi connectivity index (χ1) is 13.6. The van der Waals surface area contributed by atoms with E-state index in [9.17, 15) is 0 Å². The summed E-state index contributed by atoms with van der Waals surface area (Å²) in [6, 6.07) is 6.20. The van der Waals surface area contributed by atoms with E-state index in [2.05, 4.69) is 27.4 Å². The fourth-order valence-electron chi connectivity index (χ4n) is 2.60. The molecule has 0 aromatic carbocycles. The van der Waals surface area contributed by atoms with Gasteiger partial charge in [-0.3, -0.25) is 4.98 Å². The van der Waals surface area contributed by atoms with Crippen molar-refractivity contribution in [3.63, 3.8) is 0 Å². The summed E-state index contributed by atoms with van der Waals surface area (Å²) < 4.78 is 1.02. The lowest BCUT2D eigenvalue weighted by Crippen LogP contribution is -2.19. The van der Waals surface area contributed by atoms with Crippen molar-refractivity contribution < 1.29 is 0 Å². The molecule has 0 bridgehead atoms. The number of pyridine rings is 2. The Morgan fingerprint density at radius 2 is 1.96 bits per heavy atom. The highest BCUT2D eigenvalue weighted by molar-refractivity contribution is 7.18. The quantitative estimate of drug-likeness (QED) is 0.354. The van der Waals surface area contributed by atoms with E-state index in [1.807, 2.05) is 37.4 Å². The lowest BCUT2D eigenvalue weighted by molar-refractivity contribution is 0.606. The van der Waals surface area contributed by atoms with Gasteiger partial charge in [-0.05, 0) is 37.0 Å². The Morgan fingerprint density at radius 1 is 1.21 bits per heavy atom. The fraction of sp³-hybridized carbons (Fsp3) is 0.333. The second-order valence-corrected chi connectivity index (χ2v) is 7.68. The Hall–Kier alpha value is -1.66. The molecular weight excluding hydrogens is 411 g/mol. The molecule has 1 aliphatic rings. The third-order valence-corrected chi connectivity index (χ3v) is 5.60. The summed E-state index contributed by atoms with van der Waals surface area (Å²) in [6.07, 6.45) is 11.3. The fourth-order valence-corrected chi connectivity index (χ4v) is 3.97.